The molecule has 0 amide bonds. The van der Waals surface area contributed by atoms with Crippen LogP contribution in [0.5, 0.6) is 11.5 Å². The monoisotopic (exact) mass is 436 g/mol. The van der Waals surface area contributed by atoms with E-state index in [1.54, 1.807) is 14.2 Å². The second-order valence-electron chi connectivity index (χ2n) is 7.18. The van der Waals surface area contributed by atoms with Crippen LogP contribution >= 0.6 is 18.6 Å². The van der Waals surface area contributed by atoms with E-state index < -0.39 is 12.7 Å². The van der Waals surface area contributed by atoms with Crippen molar-refractivity contribution in [3.63, 3.8) is 0 Å². The predicted molar refractivity (Wildman–Crippen MR) is 113 cm³/mol. The van der Waals surface area contributed by atoms with Gasteiger partial charge >= 0.3 is 169 Å². The molecule has 2 aliphatic rings. The normalized spacial score (nSPS) is 20.4. The molecule has 4 rings (SSSR count). The second kappa shape index (κ2) is 6.63. The molecular weight excluding hydrogens is 415 g/mol. The van der Waals surface area contributed by atoms with Crippen molar-refractivity contribution >= 4 is 35.1 Å². The van der Waals surface area contributed by atoms with E-state index in [1.807, 2.05) is 31.2 Å². The molecule has 0 saturated carbocycles. The molecule has 0 radical (unpaired) electrons. The summed E-state index contributed by atoms with van der Waals surface area (Å²) in [6, 6.07) is 12.3. The molecule has 0 N–H and O–H groups in total. The molecule has 2 unspecified atom stereocenters. The van der Waals surface area contributed by atoms with E-state index in [0.29, 0.717) is 0 Å². The van der Waals surface area contributed by atoms with Crippen LogP contribution in [0.2, 0.25) is 0 Å². The van der Waals surface area contributed by atoms with Gasteiger partial charge in [-0.1, -0.05) is 0 Å². The Bertz CT molecular complexity index is 971. The van der Waals surface area contributed by atoms with Gasteiger partial charge in [-0.2, -0.15) is 0 Å². The molecule has 2 aromatic carbocycles. The van der Waals surface area contributed by atoms with Crippen molar-refractivity contribution in [3.05, 3.63) is 70.8 Å². The fraction of sp³-hybridized carbons (Fsp3) is 0.227. The van der Waals surface area contributed by atoms with Crippen molar-refractivity contribution in [1.29, 1.82) is 0 Å². The summed E-state index contributed by atoms with van der Waals surface area (Å²) in [6.45, 7) is 2.02. The van der Waals surface area contributed by atoms with Gasteiger partial charge in [-0.15, -0.1) is 0 Å². The Balaban J connectivity index is 1.84. The Morgan fingerprint density at radius 2 is 1.26 bits per heavy atom. The summed E-state index contributed by atoms with van der Waals surface area (Å²) >= 11 is -4.20. The van der Waals surface area contributed by atoms with Crippen LogP contribution in [0, 0.1) is 0 Å². The van der Waals surface area contributed by atoms with Crippen LogP contribution in [0.25, 0.3) is 12.2 Å². The van der Waals surface area contributed by atoms with Gasteiger partial charge in [0.25, 0.3) is 0 Å². The van der Waals surface area contributed by atoms with Gasteiger partial charge in [0.15, 0.2) is 0 Å². The van der Waals surface area contributed by atoms with Crippen LogP contribution < -0.4 is 9.47 Å². The van der Waals surface area contributed by atoms with E-state index in [4.69, 9.17) is 28.1 Å². The summed E-state index contributed by atoms with van der Waals surface area (Å²) in [5.74, 6) is 1.68. The van der Waals surface area contributed by atoms with Crippen molar-refractivity contribution in [2.24, 2.45) is 0 Å². The Morgan fingerprint density at radius 3 is 1.63 bits per heavy atom. The summed E-state index contributed by atoms with van der Waals surface area (Å²) in [7, 11) is 18.4. The second-order valence-corrected chi connectivity index (χ2v) is 21.6. The number of halogens is 2. The van der Waals surface area contributed by atoms with Gasteiger partial charge in [-0.25, -0.2) is 0 Å². The number of hydrogen-bond donors (Lipinski definition) is 0. The van der Waals surface area contributed by atoms with Gasteiger partial charge in [0.05, 0.1) is 0 Å². The van der Waals surface area contributed by atoms with Crippen LogP contribution in [0.3, 0.4) is 0 Å². The van der Waals surface area contributed by atoms with Crippen LogP contribution in [0.15, 0.2) is 48.6 Å². The van der Waals surface area contributed by atoms with E-state index in [9.17, 15) is 0 Å². The number of methoxy groups -OCH3 is 2. The predicted octanol–water partition coefficient (Wildman–Crippen LogP) is 6.36. The molecule has 0 aliphatic heterocycles. The Morgan fingerprint density at radius 1 is 0.815 bits per heavy atom. The number of allylic oxidation sites excluding steroid dienone is 2. The summed E-state index contributed by atoms with van der Waals surface area (Å²) < 4.78 is 12.9. The number of hydrogen-bond acceptors (Lipinski definition) is 2. The first-order chi connectivity index (χ1) is 12.9. The number of fused-ring (bicyclic) bond motifs is 2. The third kappa shape index (κ3) is 2.86. The van der Waals surface area contributed by atoms with Crippen LogP contribution in [0.4, 0.5) is 0 Å². The number of benzene rings is 2. The molecular formula is C22H22Cl2O2Ti. The maximum atomic E-state index is 7.53. The van der Waals surface area contributed by atoms with E-state index in [1.165, 1.54) is 11.1 Å². The number of rotatable bonds is 4. The summed E-state index contributed by atoms with van der Waals surface area (Å²) in [5, 5.41) is 0. The first-order valence-corrected chi connectivity index (χ1v) is 16.0. The zero-order chi connectivity index (χ0) is 19.3. The van der Waals surface area contributed by atoms with E-state index in [0.717, 1.165) is 22.6 Å². The fourth-order valence-electron chi connectivity index (χ4n) is 4.34. The molecule has 0 aromatic heterocycles. The zero-order valence-electron chi connectivity index (χ0n) is 15.6. The standard InChI is InChI=1S/2C10H9O.C2H4.2ClH.Ti/c2*1-11-10-6-5-8-3-2-4-9(8)7-10;1-2;;;/h2*2-7H,1H3;1H,2H3;2*1H;/q;;;;;+2/p-2. The first kappa shape index (κ1) is 19.0. The fourth-order valence-corrected chi connectivity index (χ4v) is 13.3. The van der Waals surface area contributed by atoms with Crippen LogP contribution in [-0.2, 0) is 12.7 Å². The molecule has 2 aromatic rings. The third-order valence-electron chi connectivity index (χ3n) is 5.93. The van der Waals surface area contributed by atoms with Crippen LogP contribution in [-0.4, -0.2) is 18.5 Å². The quantitative estimate of drug-likeness (QED) is 0.519. The average Bonchev–Trinajstić information content (AvgIpc) is 3.32. The van der Waals surface area contributed by atoms with Gasteiger partial charge < -0.3 is 0 Å². The summed E-state index contributed by atoms with van der Waals surface area (Å²) in [5.41, 5.74) is 4.64. The van der Waals surface area contributed by atoms with Crippen molar-refractivity contribution in [1.82, 2.24) is 0 Å². The van der Waals surface area contributed by atoms with Crippen LogP contribution in [0.1, 0.15) is 37.6 Å². The minimum atomic E-state index is -4.20. The van der Waals surface area contributed by atoms with Gasteiger partial charge in [-0.3, -0.25) is 0 Å². The first-order valence-electron chi connectivity index (χ1n) is 9.01. The molecule has 0 bridgehead atoms. The molecule has 0 fully saturated rings. The Kier molecular flexibility index (Phi) is 4.67. The van der Waals surface area contributed by atoms with Gasteiger partial charge in [-0.05, 0) is 0 Å². The van der Waals surface area contributed by atoms with E-state index in [-0.39, 0.29) is 8.45 Å². The molecule has 5 heteroatoms. The molecule has 2 aliphatic carbocycles. The molecule has 0 heterocycles. The van der Waals surface area contributed by atoms with E-state index in [2.05, 4.69) is 40.8 Å². The molecule has 0 spiro atoms. The Hall–Kier alpha value is -1.32. The molecule has 140 valence electrons. The zero-order valence-corrected chi connectivity index (χ0v) is 18.7. The molecule has 0 saturated heterocycles. The minimum absolute atomic E-state index is 0.0129. The molecule has 27 heavy (non-hydrogen) atoms. The van der Waals surface area contributed by atoms with Crippen molar-refractivity contribution in [2.45, 2.75) is 15.4 Å². The maximum absolute atomic E-state index is 7.53. The molecule has 2 nitrogen and oxygen atoms in total. The van der Waals surface area contributed by atoms with Crippen molar-refractivity contribution in [2.75, 3.05) is 14.2 Å². The van der Waals surface area contributed by atoms with Gasteiger partial charge in [0.2, 0.25) is 0 Å². The summed E-state index contributed by atoms with van der Waals surface area (Å²) in [6.07, 6.45) is 8.59. The average molecular weight is 437 g/mol. The third-order valence-corrected chi connectivity index (χ3v) is 18.6. The number of ether oxygens (including phenoxy) is 2. The Labute approximate surface area is 168 Å². The molecule has 2 atom stereocenters. The van der Waals surface area contributed by atoms with Gasteiger partial charge in [0, 0.05) is 0 Å². The van der Waals surface area contributed by atoms with Crippen molar-refractivity contribution < 1.29 is 22.2 Å². The van der Waals surface area contributed by atoms with Crippen molar-refractivity contribution in [3.8, 4) is 11.5 Å². The SMILES string of the molecule is C[CH]=[Ti]([Cl])([Cl])([CH]1C=Cc2cc(OC)ccc21)[CH]1C=Cc2cc(OC)ccc21. The summed E-state index contributed by atoms with van der Waals surface area (Å²) in [4.78, 5) is 0. The topological polar surface area (TPSA) is 18.5 Å². The van der Waals surface area contributed by atoms with Gasteiger partial charge in [0.1, 0.15) is 0 Å². The van der Waals surface area contributed by atoms with E-state index >= 15 is 0 Å².